The Morgan fingerprint density at radius 1 is 0.840 bits per heavy atom. The molecule has 3 rings (SSSR count). The van der Waals surface area contributed by atoms with Crippen LogP contribution in [0.5, 0.6) is 0 Å². The van der Waals surface area contributed by atoms with Crippen LogP contribution in [0, 0.1) is 13.8 Å². The fourth-order valence-corrected chi connectivity index (χ4v) is 3.56. The van der Waals surface area contributed by atoms with Crippen molar-refractivity contribution in [2.45, 2.75) is 38.5 Å². The molecule has 0 bridgehead atoms. The minimum absolute atomic E-state index is 1.00. The van der Waals surface area contributed by atoms with Crippen molar-refractivity contribution >= 4 is 11.4 Å². The van der Waals surface area contributed by atoms with Gasteiger partial charge in [0.1, 0.15) is 0 Å². The van der Waals surface area contributed by atoms with Crippen molar-refractivity contribution in [1.82, 2.24) is 4.90 Å². The summed E-state index contributed by atoms with van der Waals surface area (Å²) in [5, 5.41) is 3.44. The lowest BCUT2D eigenvalue weighted by Gasteiger charge is -2.14. The third kappa shape index (κ3) is 5.34. The highest BCUT2D eigenvalue weighted by Crippen LogP contribution is 2.24. The van der Waals surface area contributed by atoms with Gasteiger partial charge in [-0.1, -0.05) is 36.8 Å². The Bertz CT molecular complexity index is 672. The molecular weight excluding hydrogens is 304 g/mol. The zero-order valence-electron chi connectivity index (χ0n) is 15.3. The molecule has 0 aliphatic carbocycles. The van der Waals surface area contributed by atoms with Gasteiger partial charge >= 0.3 is 0 Å². The average molecular weight is 335 g/mol. The first-order valence-corrected chi connectivity index (χ1v) is 9.57. The Labute approximate surface area is 153 Å². The Balaban J connectivity index is 1.45. The molecule has 0 aromatic heterocycles. The minimum atomic E-state index is 1.00. The van der Waals surface area contributed by atoms with Crippen LogP contribution in [0.2, 0.25) is 0 Å². The van der Waals surface area contributed by atoms with Gasteiger partial charge in [0.15, 0.2) is 0 Å². The SMILES string of the molecule is [CH2]c1ccccc1Nc1ccc(CCCCCN2CCCC2)cc1[CH2]. The molecule has 2 aromatic rings. The average Bonchev–Trinajstić information content (AvgIpc) is 3.12. The van der Waals surface area contributed by atoms with Gasteiger partial charge in [0.2, 0.25) is 0 Å². The van der Waals surface area contributed by atoms with Crippen LogP contribution in [0.1, 0.15) is 48.8 Å². The monoisotopic (exact) mass is 334 g/mol. The molecule has 1 saturated heterocycles. The Morgan fingerprint density at radius 2 is 1.60 bits per heavy atom. The molecular formula is C23H30N2. The number of benzene rings is 2. The summed E-state index contributed by atoms with van der Waals surface area (Å²) in [6.07, 6.45) is 7.85. The van der Waals surface area contributed by atoms with Gasteiger partial charge in [0, 0.05) is 11.4 Å². The van der Waals surface area contributed by atoms with E-state index in [2.05, 4.69) is 48.3 Å². The highest BCUT2D eigenvalue weighted by atomic mass is 15.1. The van der Waals surface area contributed by atoms with Crippen LogP contribution in [-0.2, 0) is 6.42 Å². The van der Waals surface area contributed by atoms with Crippen molar-refractivity contribution in [2.24, 2.45) is 0 Å². The molecule has 0 saturated carbocycles. The molecule has 2 aromatic carbocycles. The van der Waals surface area contributed by atoms with Crippen LogP contribution in [0.4, 0.5) is 11.4 Å². The summed E-state index contributed by atoms with van der Waals surface area (Å²) in [6.45, 7) is 12.2. The van der Waals surface area contributed by atoms with Crippen molar-refractivity contribution in [1.29, 1.82) is 0 Å². The summed E-state index contributed by atoms with van der Waals surface area (Å²) in [5.41, 5.74) is 5.55. The van der Waals surface area contributed by atoms with Gasteiger partial charge in [0.25, 0.3) is 0 Å². The predicted octanol–water partition coefficient (Wildman–Crippen LogP) is 5.60. The van der Waals surface area contributed by atoms with E-state index >= 15 is 0 Å². The Morgan fingerprint density at radius 3 is 2.36 bits per heavy atom. The first-order chi connectivity index (χ1) is 12.2. The van der Waals surface area contributed by atoms with Gasteiger partial charge in [0.05, 0.1) is 0 Å². The van der Waals surface area contributed by atoms with Gasteiger partial charge in [-0.05, 0) is 94.4 Å². The maximum absolute atomic E-state index is 4.21. The largest absolute Gasteiger partial charge is 0.355 e. The number of para-hydroxylation sites is 1. The lowest BCUT2D eigenvalue weighted by molar-refractivity contribution is 0.328. The highest BCUT2D eigenvalue weighted by Gasteiger charge is 2.10. The number of nitrogens with one attached hydrogen (secondary N) is 1. The third-order valence-corrected chi connectivity index (χ3v) is 5.09. The van der Waals surface area contributed by atoms with Crippen LogP contribution in [-0.4, -0.2) is 24.5 Å². The maximum Gasteiger partial charge on any atom is 0.0417 e. The molecule has 1 heterocycles. The predicted molar refractivity (Wildman–Crippen MR) is 108 cm³/mol. The van der Waals surface area contributed by atoms with Crippen LogP contribution in [0.3, 0.4) is 0 Å². The van der Waals surface area contributed by atoms with Crippen LogP contribution >= 0.6 is 0 Å². The molecule has 1 N–H and O–H groups in total. The lowest BCUT2D eigenvalue weighted by atomic mass is 10.0. The lowest BCUT2D eigenvalue weighted by Crippen LogP contribution is -2.20. The zero-order chi connectivity index (χ0) is 17.5. The standard InChI is InChI=1S/C23H30N2/c1-19-10-5-6-12-22(19)24-23-14-13-21(18-20(23)2)11-4-3-7-15-25-16-8-9-17-25/h5-6,10,12-14,18,24H,1-4,7-9,11,15-17H2. The third-order valence-electron chi connectivity index (χ3n) is 5.09. The summed E-state index contributed by atoms with van der Waals surface area (Å²) >= 11 is 0. The number of anilines is 2. The van der Waals surface area contributed by atoms with Crippen molar-refractivity contribution in [3.05, 3.63) is 73.0 Å². The van der Waals surface area contributed by atoms with Crippen LogP contribution < -0.4 is 5.32 Å². The van der Waals surface area contributed by atoms with E-state index in [0.29, 0.717) is 0 Å². The summed E-state index contributed by atoms with van der Waals surface area (Å²) in [7, 11) is 0. The smallest absolute Gasteiger partial charge is 0.0417 e. The van der Waals surface area contributed by atoms with Crippen LogP contribution in [0.15, 0.2) is 42.5 Å². The molecule has 2 nitrogen and oxygen atoms in total. The molecule has 0 unspecified atom stereocenters. The molecule has 0 amide bonds. The second-order valence-electron chi connectivity index (χ2n) is 7.13. The summed E-state index contributed by atoms with van der Waals surface area (Å²) in [5.74, 6) is 0. The van der Waals surface area contributed by atoms with E-state index in [9.17, 15) is 0 Å². The first kappa shape index (κ1) is 18.0. The molecule has 2 heteroatoms. The molecule has 2 radical (unpaired) electrons. The molecule has 1 fully saturated rings. The fourth-order valence-electron chi connectivity index (χ4n) is 3.56. The minimum Gasteiger partial charge on any atom is -0.355 e. The van der Waals surface area contributed by atoms with Crippen molar-refractivity contribution in [2.75, 3.05) is 25.0 Å². The van der Waals surface area contributed by atoms with E-state index in [-0.39, 0.29) is 0 Å². The number of aryl methyl sites for hydroxylation is 1. The van der Waals surface area contributed by atoms with Gasteiger partial charge in [-0.2, -0.15) is 0 Å². The topological polar surface area (TPSA) is 15.3 Å². The van der Waals surface area contributed by atoms with Crippen molar-refractivity contribution in [3.63, 3.8) is 0 Å². The van der Waals surface area contributed by atoms with Gasteiger partial charge in [-0.3, -0.25) is 0 Å². The second kappa shape index (κ2) is 9.05. The van der Waals surface area contributed by atoms with Crippen LogP contribution in [0.25, 0.3) is 0 Å². The zero-order valence-corrected chi connectivity index (χ0v) is 15.3. The number of rotatable bonds is 8. The van der Waals surface area contributed by atoms with Gasteiger partial charge in [-0.25, -0.2) is 0 Å². The number of hydrogen-bond acceptors (Lipinski definition) is 2. The molecule has 1 aliphatic heterocycles. The molecule has 25 heavy (non-hydrogen) atoms. The first-order valence-electron chi connectivity index (χ1n) is 9.57. The van der Waals surface area contributed by atoms with E-state index in [1.54, 1.807) is 0 Å². The number of nitrogens with zero attached hydrogens (tertiary/aromatic N) is 1. The van der Waals surface area contributed by atoms with Gasteiger partial charge < -0.3 is 10.2 Å². The van der Waals surface area contributed by atoms with E-state index in [4.69, 9.17) is 0 Å². The second-order valence-corrected chi connectivity index (χ2v) is 7.13. The molecule has 1 aliphatic rings. The van der Waals surface area contributed by atoms with E-state index in [1.165, 1.54) is 57.3 Å². The number of unbranched alkanes of at least 4 members (excludes halogenated alkanes) is 2. The number of hydrogen-bond donors (Lipinski definition) is 1. The summed E-state index contributed by atoms with van der Waals surface area (Å²) in [6, 6.07) is 14.7. The summed E-state index contributed by atoms with van der Waals surface area (Å²) < 4.78 is 0. The number of likely N-dealkylation sites (tertiary alicyclic amines) is 1. The quantitative estimate of drug-likeness (QED) is 0.632. The molecule has 0 spiro atoms. The van der Waals surface area contributed by atoms with Crippen molar-refractivity contribution < 1.29 is 0 Å². The Hall–Kier alpha value is -1.80. The maximum atomic E-state index is 4.21. The van der Waals surface area contributed by atoms with Crippen molar-refractivity contribution in [3.8, 4) is 0 Å². The Kier molecular flexibility index (Phi) is 6.52. The molecule has 132 valence electrons. The normalized spacial score (nSPS) is 14.8. The van der Waals surface area contributed by atoms with Gasteiger partial charge in [-0.15, -0.1) is 0 Å². The van der Waals surface area contributed by atoms with E-state index in [0.717, 1.165) is 28.9 Å². The fraction of sp³-hybridized carbons (Fsp3) is 0.391. The highest BCUT2D eigenvalue weighted by molar-refractivity contribution is 5.67. The molecule has 0 atom stereocenters. The van der Waals surface area contributed by atoms with E-state index < -0.39 is 0 Å². The van der Waals surface area contributed by atoms with E-state index in [1.807, 2.05) is 18.2 Å². The summed E-state index contributed by atoms with van der Waals surface area (Å²) in [4.78, 5) is 2.61.